The zero-order valence-electron chi connectivity index (χ0n) is 16.2. The van der Waals surface area contributed by atoms with E-state index >= 15 is 0 Å². The van der Waals surface area contributed by atoms with E-state index in [1.807, 2.05) is 37.4 Å². The lowest BCUT2D eigenvalue weighted by molar-refractivity contribution is -0.114. The van der Waals surface area contributed by atoms with Crippen molar-refractivity contribution >= 4 is 39.1 Å². The maximum absolute atomic E-state index is 13.3. The van der Waals surface area contributed by atoms with Crippen molar-refractivity contribution in [2.45, 2.75) is 16.7 Å². The second-order valence-corrected chi connectivity index (χ2v) is 9.12. The molecule has 7 heteroatoms. The first-order valence-corrected chi connectivity index (χ1v) is 11.7. The number of carbonyl (C=O) groups is 1. The number of rotatable bonds is 7. The summed E-state index contributed by atoms with van der Waals surface area (Å²) in [5.41, 5.74) is 1.92. The van der Waals surface area contributed by atoms with E-state index in [1.165, 1.54) is 11.8 Å². The third kappa shape index (κ3) is 4.99. The highest BCUT2D eigenvalue weighted by Crippen LogP contribution is 2.26. The number of nitrogens with one attached hydrogen (secondary N) is 1. The fourth-order valence-corrected chi connectivity index (χ4v) is 4.96. The number of nitrogens with zero attached hydrogens (tertiary/aromatic N) is 1. The average molecular weight is 427 g/mol. The number of sulfonamides is 1. The highest BCUT2D eigenvalue weighted by atomic mass is 32.2. The van der Waals surface area contributed by atoms with Crippen molar-refractivity contribution in [1.29, 1.82) is 0 Å². The molecule has 0 saturated carbocycles. The summed E-state index contributed by atoms with van der Waals surface area (Å²) in [4.78, 5) is 13.8. The summed E-state index contributed by atoms with van der Waals surface area (Å²) in [6, 6.07) is 22.7. The van der Waals surface area contributed by atoms with E-state index in [-0.39, 0.29) is 11.4 Å². The zero-order valence-corrected chi connectivity index (χ0v) is 17.8. The van der Waals surface area contributed by atoms with Crippen LogP contribution in [0.3, 0.4) is 0 Å². The van der Waals surface area contributed by atoms with Gasteiger partial charge < -0.3 is 5.32 Å². The molecular weight excluding hydrogens is 404 g/mol. The van der Waals surface area contributed by atoms with Gasteiger partial charge in [-0.05, 0) is 55.1 Å². The molecule has 0 saturated heterocycles. The van der Waals surface area contributed by atoms with Gasteiger partial charge in [0.25, 0.3) is 10.0 Å². The SMILES string of the molecule is CSc1ccccc1NC(=O)CN(c1ccccc1)S(=O)(=O)c1cccc(C)c1. The van der Waals surface area contributed by atoms with Gasteiger partial charge in [0, 0.05) is 4.90 Å². The third-order valence-corrected chi connectivity index (χ3v) is 6.86. The summed E-state index contributed by atoms with van der Waals surface area (Å²) in [6.45, 7) is 1.50. The summed E-state index contributed by atoms with van der Waals surface area (Å²) in [5.74, 6) is -0.411. The lowest BCUT2D eigenvalue weighted by Crippen LogP contribution is -2.38. The number of anilines is 2. The summed E-state index contributed by atoms with van der Waals surface area (Å²) < 4.78 is 27.8. The van der Waals surface area contributed by atoms with Gasteiger partial charge in [-0.1, -0.05) is 42.5 Å². The van der Waals surface area contributed by atoms with Crippen LogP contribution in [0.4, 0.5) is 11.4 Å². The number of amides is 1. The number of hydrogen-bond donors (Lipinski definition) is 1. The number of thioether (sulfide) groups is 1. The van der Waals surface area contributed by atoms with Crippen molar-refractivity contribution in [3.05, 3.63) is 84.4 Å². The van der Waals surface area contributed by atoms with Crippen molar-refractivity contribution in [2.24, 2.45) is 0 Å². The minimum Gasteiger partial charge on any atom is -0.323 e. The van der Waals surface area contributed by atoms with Crippen LogP contribution in [0.5, 0.6) is 0 Å². The molecule has 0 atom stereocenters. The second kappa shape index (κ2) is 9.15. The minimum absolute atomic E-state index is 0.152. The Morgan fingerprint density at radius 3 is 2.34 bits per heavy atom. The highest BCUT2D eigenvalue weighted by Gasteiger charge is 2.27. The normalized spacial score (nSPS) is 11.1. The van der Waals surface area contributed by atoms with Crippen LogP contribution in [-0.2, 0) is 14.8 Å². The van der Waals surface area contributed by atoms with Crippen molar-refractivity contribution in [3.63, 3.8) is 0 Å². The van der Waals surface area contributed by atoms with Crippen LogP contribution in [0.2, 0.25) is 0 Å². The van der Waals surface area contributed by atoms with Crippen LogP contribution in [0.15, 0.2) is 88.7 Å². The first kappa shape index (κ1) is 21.0. The number of aryl methyl sites for hydroxylation is 1. The molecule has 0 aliphatic carbocycles. The molecule has 0 unspecified atom stereocenters. The molecule has 0 spiro atoms. The average Bonchev–Trinajstić information content (AvgIpc) is 2.73. The molecule has 3 aromatic rings. The van der Waals surface area contributed by atoms with Gasteiger partial charge >= 0.3 is 0 Å². The summed E-state index contributed by atoms with van der Waals surface area (Å²) in [7, 11) is -3.91. The molecule has 3 rings (SSSR count). The molecule has 0 radical (unpaired) electrons. The fourth-order valence-electron chi connectivity index (χ4n) is 2.88. The molecule has 0 aromatic heterocycles. The van der Waals surface area contributed by atoms with E-state index < -0.39 is 15.9 Å². The van der Waals surface area contributed by atoms with Crippen molar-refractivity contribution < 1.29 is 13.2 Å². The monoisotopic (exact) mass is 426 g/mol. The molecule has 3 aromatic carbocycles. The molecule has 1 amide bonds. The largest absolute Gasteiger partial charge is 0.323 e. The Labute approximate surface area is 175 Å². The molecule has 0 aliphatic rings. The van der Waals surface area contributed by atoms with Gasteiger partial charge in [-0.25, -0.2) is 8.42 Å². The molecule has 0 fully saturated rings. The number of hydrogen-bond acceptors (Lipinski definition) is 4. The van der Waals surface area contributed by atoms with Gasteiger partial charge in [-0.3, -0.25) is 9.10 Å². The molecule has 0 heterocycles. The van der Waals surface area contributed by atoms with E-state index in [0.29, 0.717) is 11.4 Å². The van der Waals surface area contributed by atoms with Crippen LogP contribution in [0.1, 0.15) is 5.56 Å². The second-order valence-electron chi connectivity index (χ2n) is 6.41. The number of carbonyl (C=O) groups excluding carboxylic acids is 1. The van der Waals surface area contributed by atoms with Gasteiger partial charge in [0.1, 0.15) is 6.54 Å². The Hall–Kier alpha value is -2.77. The Morgan fingerprint density at radius 2 is 1.66 bits per heavy atom. The Morgan fingerprint density at radius 1 is 0.966 bits per heavy atom. The third-order valence-electron chi connectivity index (χ3n) is 4.29. The van der Waals surface area contributed by atoms with Crippen LogP contribution in [0, 0.1) is 6.92 Å². The van der Waals surface area contributed by atoms with Gasteiger partial charge in [0.05, 0.1) is 16.3 Å². The van der Waals surface area contributed by atoms with E-state index in [1.54, 1.807) is 54.6 Å². The zero-order chi connectivity index (χ0) is 20.9. The van der Waals surface area contributed by atoms with Crippen LogP contribution >= 0.6 is 11.8 Å². The predicted molar refractivity (Wildman–Crippen MR) is 119 cm³/mol. The Bertz CT molecular complexity index is 1100. The number of benzene rings is 3. The Kier molecular flexibility index (Phi) is 6.61. The summed E-state index contributed by atoms with van der Waals surface area (Å²) in [6.07, 6.45) is 1.92. The molecule has 0 bridgehead atoms. The predicted octanol–water partition coefficient (Wildman–Crippen LogP) is 4.55. The lowest BCUT2D eigenvalue weighted by atomic mass is 10.2. The van der Waals surface area contributed by atoms with Crippen molar-refractivity contribution in [1.82, 2.24) is 0 Å². The molecule has 5 nitrogen and oxygen atoms in total. The lowest BCUT2D eigenvalue weighted by Gasteiger charge is -2.24. The standard InChI is InChI=1S/C22H22N2O3S2/c1-17-9-8-12-19(15-17)29(26,27)24(18-10-4-3-5-11-18)16-22(25)23-20-13-6-7-14-21(20)28-2/h3-15H,16H2,1-2H3,(H,23,25). The van der Waals surface area contributed by atoms with Gasteiger partial charge in [-0.15, -0.1) is 11.8 Å². The number of para-hydroxylation sites is 2. The maximum Gasteiger partial charge on any atom is 0.264 e. The maximum atomic E-state index is 13.3. The smallest absolute Gasteiger partial charge is 0.264 e. The first-order chi connectivity index (χ1) is 13.9. The van der Waals surface area contributed by atoms with Gasteiger partial charge in [0.15, 0.2) is 0 Å². The minimum atomic E-state index is -3.91. The first-order valence-electron chi connectivity index (χ1n) is 8.99. The summed E-state index contributed by atoms with van der Waals surface area (Å²) >= 11 is 1.51. The van der Waals surface area contributed by atoms with Crippen LogP contribution in [-0.4, -0.2) is 27.1 Å². The van der Waals surface area contributed by atoms with E-state index in [0.717, 1.165) is 14.8 Å². The van der Waals surface area contributed by atoms with Crippen LogP contribution in [0.25, 0.3) is 0 Å². The molecule has 29 heavy (non-hydrogen) atoms. The van der Waals surface area contributed by atoms with Gasteiger partial charge in [-0.2, -0.15) is 0 Å². The molecule has 150 valence electrons. The fraction of sp³-hybridized carbons (Fsp3) is 0.136. The quantitative estimate of drug-likeness (QED) is 0.563. The molecule has 1 N–H and O–H groups in total. The topological polar surface area (TPSA) is 66.5 Å². The van der Waals surface area contributed by atoms with E-state index in [4.69, 9.17) is 0 Å². The molecular formula is C22H22N2O3S2. The molecule has 0 aliphatic heterocycles. The highest BCUT2D eigenvalue weighted by molar-refractivity contribution is 7.98. The Balaban J connectivity index is 1.94. The summed E-state index contributed by atoms with van der Waals surface area (Å²) in [5, 5.41) is 2.83. The van der Waals surface area contributed by atoms with Crippen LogP contribution < -0.4 is 9.62 Å². The van der Waals surface area contributed by atoms with Crippen molar-refractivity contribution in [2.75, 3.05) is 22.4 Å². The van der Waals surface area contributed by atoms with Crippen molar-refractivity contribution in [3.8, 4) is 0 Å². The van der Waals surface area contributed by atoms with Gasteiger partial charge in [0.2, 0.25) is 5.91 Å². The van der Waals surface area contributed by atoms with E-state index in [9.17, 15) is 13.2 Å². The van der Waals surface area contributed by atoms with E-state index in [2.05, 4.69) is 5.32 Å².